The molecule has 1 atom stereocenters. The fourth-order valence-corrected chi connectivity index (χ4v) is 1.75. The van der Waals surface area contributed by atoms with Gasteiger partial charge in [-0.3, -0.25) is 0 Å². The molecule has 0 aliphatic rings. The van der Waals surface area contributed by atoms with Crippen molar-refractivity contribution >= 4 is 11.6 Å². The van der Waals surface area contributed by atoms with Gasteiger partial charge < -0.3 is 15.1 Å². The predicted octanol–water partition coefficient (Wildman–Crippen LogP) is 3.95. The van der Waals surface area contributed by atoms with E-state index >= 15 is 0 Å². The van der Waals surface area contributed by atoms with Gasteiger partial charge in [-0.15, -0.1) is 0 Å². The van der Waals surface area contributed by atoms with E-state index in [1.165, 1.54) is 6.26 Å². The predicted molar refractivity (Wildman–Crippen MR) is 73.7 cm³/mol. The fraction of sp³-hybridized carbons (Fsp3) is 0.357. The van der Waals surface area contributed by atoms with Gasteiger partial charge in [0.2, 0.25) is 0 Å². The minimum absolute atomic E-state index is 0.00565. The Morgan fingerprint density at radius 1 is 1.30 bits per heavy atom. The molecule has 4 nitrogen and oxygen atoms in total. The van der Waals surface area contributed by atoms with E-state index in [2.05, 4.69) is 15.6 Å². The summed E-state index contributed by atoms with van der Waals surface area (Å²) in [4.78, 5) is 3.95. The Morgan fingerprint density at radius 2 is 2.05 bits per heavy atom. The number of pyridine rings is 1. The van der Waals surface area contributed by atoms with Crippen LogP contribution in [-0.2, 0) is 0 Å². The van der Waals surface area contributed by atoms with Gasteiger partial charge in [-0.05, 0) is 25.5 Å². The third kappa shape index (κ3) is 3.26. The van der Waals surface area contributed by atoms with Crippen molar-refractivity contribution in [1.82, 2.24) is 4.98 Å². The zero-order valence-corrected chi connectivity index (χ0v) is 11.4. The van der Waals surface area contributed by atoms with Crippen LogP contribution in [0.1, 0.15) is 32.1 Å². The van der Waals surface area contributed by atoms with Crippen molar-refractivity contribution in [3.05, 3.63) is 41.9 Å². The molecule has 20 heavy (non-hydrogen) atoms. The molecule has 6 heteroatoms. The number of anilines is 2. The van der Waals surface area contributed by atoms with Crippen molar-refractivity contribution in [1.29, 1.82) is 0 Å². The molecule has 2 aromatic rings. The highest BCUT2D eigenvalue weighted by atomic mass is 19.1. The van der Waals surface area contributed by atoms with E-state index in [-0.39, 0.29) is 17.7 Å². The number of furan rings is 1. The van der Waals surface area contributed by atoms with Crippen LogP contribution in [0.2, 0.25) is 0 Å². The Bertz CT molecular complexity index is 558. The van der Waals surface area contributed by atoms with Crippen LogP contribution in [0.3, 0.4) is 0 Å². The summed E-state index contributed by atoms with van der Waals surface area (Å²) in [6.07, 6.45) is 2.36. The number of aromatic nitrogens is 1. The van der Waals surface area contributed by atoms with E-state index in [1.54, 1.807) is 12.1 Å². The number of hydrogen-bond donors (Lipinski definition) is 2. The average molecular weight is 281 g/mol. The molecule has 0 fully saturated rings. The first-order chi connectivity index (χ1) is 9.61. The lowest BCUT2D eigenvalue weighted by Gasteiger charge is -2.14. The van der Waals surface area contributed by atoms with Gasteiger partial charge in [0.05, 0.1) is 12.3 Å². The lowest BCUT2D eigenvalue weighted by Crippen LogP contribution is -2.12. The third-order valence-corrected chi connectivity index (χ3v) is 2.80. The quantitative estimate of drug-likeness (QED) is 0.841. The van der Waals surface area contributed by atoms with Gasteiger partial charge in [-0.25, -0.2) is 13.8 Å². The van der Waals surface area contributed by atoms with Crippen LogP contribution in [0.4, 0.5) is 20.4 Å². The van der Waals surface area contributed by atoms with Crippen molar-refractivity contribution in [2.45, 2.75) is 26.3 Å². The maximum atomic E-state index is 13.7. The van der Waals surface area contributed by atoms with Crippen molar-refractivity contribution in [2.75, 3.05) is 17.2 Å². The average Bonchev–Trinajstić information content (AvgIpc) is 2.94. The second-order valence-electron chi connectivity index (χ2n) is 4.46. The van der Waals surface area contributed by atoms with Gasteiger partial charge in [0.25, 0.3) is 0 Å². The van der Waals surface area contributed by atoms with E-state index in [1.807, 2.05) is 13.8 Å². The third-order valence-electron chi connectivity index (χ3n) is 2.80. The molecule has 0 bridgehead atoms. The topological polar surface area (TPSA) is 50.1 Å². The highest BCUT2D eigenvalue weighted by Crippen LogP contribution is 2.23. The Labute approximate surface area is 116 Å². The van der Waals surface area contributed by atoms with Crippen LogP contribution in [0, 0.1) is 11.6 Å². The van der Waals surface area contributed by atoms with Crippen molar-refractivity contribution < 1.29 is 13.2 Å². The van der Waals surface area contributed by atoms with Crippen LogP contribution >= 0.6 is 0 Å². The molecule has 0 aliphatic carbocycles. The van der Waals surface area contributed by atoms with Crippen LogP contribution in [-0.4, -0.2) is 11.5 Å². The first-order valence-electron chi connectivity index (χ1n) is 6.51. The molecule has 108 valence electrons. The Kier molecular flexibility index (Phi) is 4.55. The summed E-state index contributed by atoms with van der Waals surface area (Å²) in [5.41, 5.74) is 0. The monoisotopic (exact) mass is 281 g/mol. The van der Waals surface area contributed by atoms with Crippen molar-refractivity contribution in [2.24, 2.45) is 0 Å². The summed E-state index contributed by atoms with van der Waals surface area (Å²) in [6, 6.07) is 4.07. The molecule has 2 N–H and O–H groups in total. The number of rotatable bonds is 6. The number of halogens is 2. The molecule has 0 spiro atoms. The molecule has 2 rings (SSSR count). The Morgan fingerprint density at radius 3 is 2.70 bits per heavy atom. The molecule has 0 saturated heterocycles. The molecule has 0 aromatic carbocycles. The standard InChI is InChI=1S/C14H17F2N3O/c1-3-6-17-13-10(15)8-11(16)14(19-13)18-9(2)12-5-4-7-20-12/h4-5,7-9H,3,6H2,1-2H3,(H2,17,18,19). The number of nitrogens with one attached hydrogen (secondary N) is 2. The van der Waals surface area contributed by atoms with Crippen LogP contribution in [0.25, 0.3) is 0 Å². The molecular formula is C14H17F2N3O. The zero-order chi connectivity index (χ0) is 14.5. The van der Waals surface area contributed by atoms with Crippen molar-refractivity contribution in [3.8, 4) is 0 Å². The summed E-state index contributed by atoms with van der Waals surface area (Å²) in [7, 11) is 0. The molecular weight excluding hydrogens is 264 g/mol. The van der Waals surface area contributed by atoms with E-state index in [4.69, 9.17) is 4.42 Å². The zero-order valence-electron chi connectivity index (χ0n) is 11.4. The fourth-order valence-electron chi connectivity index (χ4n) is 1.75. The van der Waals surface area contributed by atoms with Crippen molar-refractivity contribution in [3.63, 3.8) is 0 Å². The van der Waals surface area contributed by atoms with Gasteiger partial charge in [-0.1, -0.05) is 6.92 Å². The minimum atomic E-state index is -0.733. The summed E-state index contributed by atoms with van der Waals surface area (Å²) < 4.78 is 32.5. The molecule has 0 radical (unpaired) electrons. The smallest absolute Gasteiger partial charge is 0.168 e. The summed E-state index contributed by atoms with van der Waals surface area (Å²) >= 11 is 0. The van der Waals surface area contributed by atoms with E-state index < -0.39 is 11.6 Å². The molecule has 1 unspecified atom stereocenters. The molecule has 0 saturated carbocycles. The summed E-state index contributed by atoms with van der Waals surface area (Å²) in [5.74, 6) is -0.745. The number of nitrogens with zero attached hydrogens (tertiary/aromatic N) is 1. The SMILES string of the molecule is CCCNc1nc(NC(C)c2ccco2)c(F)cc1F. The number of hydrogen-bond acceptors (Lipinski definition) is 4. The normalized spacial score (nSPS) is 12.2. The van der Waals surface area contributed by atoms with Crippen LogP contribution in [0.15, 0.2) is 28.9 Å². The van der Waals surface area contributed by atoms with Crippen LogP contribution in [0.5, 0.6) is 0 Å². The maximum Gasteiger partial charge on any atom is 0.168 e. The maximum absolute atomic E-state index is 13.7. The minimum Gasteiger partial charge on any atom is -0.467 e. The highest BCUT2D eigenvalue weighted by Gasteiger charge is 2.15. The Balaban J connectivity index is 2.18. The molecule has 0 amide bonds. The second kappa shape index (κ2) is 6.36. The highest BCUT2D eigenvalue weighted by molar-refractivity contribution is 5.48. The molecule has 2 aromatic heterocycles. The summed E-state index contributed by atoms with van der Waals surface area (Å²) in [6.45, 7) is 4.33. The molecule has 2 heterocycles. The van der Waals surface area contributed by atoms with Crippen LogP contribution < -0.4 is 10.6 Å². The van der Waals surface area contributed by atoms with E-state index in [0.29, 0.717) is 12.3 Å². The van der Waals surface area contributed by atoms with Gasteiger partial charge in [-0.2, -0.15) is 0 Å². The van der Waals surface area contributed by atoms with Gasteiger partial charge >= 0.3 is 0 Å². The second-order valence-corrected chi connectivity index (χ2v) is 4.46. The van der Waals surface area contributed by atoms with E-state index in [0.717, 1.165) is 12.5 Å². The van der Waals surface area contributed by atoms with Gasteiger partial charge in [0, 0.05) is 12.6 Å². The largest absolute Gasteiger partial charge is 0.467 e. The first kappa shape index (κ1) is 14.3. The van der Waals surface area contributed by atoms with E-state index in [9.17, 15) is 8.78 Å². The van der Waals surface area contributed by atoms with Gasteiger partial charge in [0.1, 0.15) is 5.76 Å². The van der Waals surface area contributed by atoms with Gasteiger partial charge in [0.15, 0.2) is 23.3 Å². The lowest BCUT2D eigenvalue weighted by atomic mass is 10.2. The Hall–Kier alpha value is -2.11. The first-order valence-corrected chi connectivity index (χ1v) is 6.51. The molecule has 0 aliphatic heterocycles. The lowest BCUT2D eigenvalue weighted by molar-refractivity contribution is 0.488. The summed E-state index contributed by atoms with van der Waals surface area (Å²) in [5, 5.41) is 5.69.